The van der Waals surface area contributed by atoms with E-state index in [9.17, 15) is 0 Å². The van der Waals surface area contributed by atoms with Gasteiger partial charge < -0.3 is 15.4 Å². The van der Waals surface area contributed by atoms with E-state index in [0.29, 0.717) is 10.9 Å². The number of anilines is 2. The minimum Gasteiger partial charge on any atom is -0.381 e. The zero-order chi connectivity index (χ0) is 19.2. The number of hydrogen-bond donors (Lipinski definition) is 2. The molecule has 2 aromatic rings. The first-order chi connectivity index (χ1) is 13.8. The van der Waals surface area contributed by atoms with Crippen LogP contribution in [-0.2, 0) is 4.74 Å². The summed E-state index contributed by atoms with van der Waals surface area (Å²) in [6.07, 6.45) is 10.7. The van der Waals surface area contributed by atoms with Crippen LogP contribution in [0, 0.1) is 11.8 Å². The lowest BCUT2D eigenvalue weighted by molar-refractivity contribution is 0.0699. The second kappa shape index (κ2) is 9.90. The summed E-state index contributed by atoms with van der Waals surface area (Å²) >= 11 is 8.06. The maximum absolute atomic E-state index is 6.43. The van der Waals surface area contributed by atoms with Crippen LogP contribution in [0.2, 0.25) is 5.02 Å². The maximum atomic E-state index is 6.43. The van der Waals surface area contributed by atoms with Gasteiger partial charge in [-0.2, -0.15) is 0 Å². The number of pyridine rings is 1. The summed E-state index contributed by atoms with van der Waals surface area (Å²) in [6, 6.07) is 2.03. The average molecular weight is 421 g/mol. The van der Waals surface area contributed by atoms with E-state index in [-0.39, 0.29) is 0 Å². The summed E-state index contributed by atoms with van der Waals surface area (Å²) in [7, 11) is 0. The van der Waals surface area contributed by atoms with Gasteiger partial charge in [0.25, 0.3) is 0 Å². The van der Waals surface area contributed by atoms with E-state index in [1.165, 1.54) is 32.1 Å². The number of thiazole rings is 1. The highest BCUT2D eigenvalue weighted by Crippen LogP contribution is 2.32. The van der Waals surface area contributed by atoms with E-state index in [0.717, 1.165) is 67.3 Å². The lowest BCUT2D eigenvalue weighted by Crippen LogP contribution is -2.22. The van der Waals surface area contributed by atoms with Crippen molar-refractivity contribution in [2.24, 2.45) is 11.8 Å². The summed E-state index contributed by atoms with van der Waals surface area (Å²) in [5.41, 5.74) is 1.85. The fraction of sp³-hybridized carbons (Fsp3) is 0.619. The van der Waals surface area contributed by atoms with Crippen molar-refractivity contribution >= 4 is 33.9 Å². The van der Waals surface area contributed by atoms with Crippen LogP contribution in [0.5, 0.6) is 0 Å². The number of halogens is 1. The summed E-state index contributed by atoms with van der Waals surface area (Å²) in [5.74, 6) is 2.31. The average Bonchev–Trinajstić information content (AvgIpc) is 3.22. The lowest BCUT2D eigenvalue weighted by Gasteiger charge is -2.22. The van der Waals surface area contributed by atoms with Crippen molar-refractivity contribution in [3.05, 3.63) is 22.7 Å². The molecule has 0 radical (unpaired) electrons. The Kier molecular flexibility index (Phi) is 7.04. The predicted molar refractivity (Wildman–Crippen MR) is 117 cm³/mol. The van der Waals surface area contributed by atoms with Crippen LogP contribution in [-0.4, -0.2) is 36.3 Å². The molecule has 2 N–H and O–H groups in total. The van der Waals surface area contributed by atoms with Crippen LogP contribution in [0.25, 0.3) is 11.3 Å². The monoisotopic (exact) mass is 420 g/mol. The van der Waals surface area contributed by atoms with Crippen molar-refractivity contribution in [1.82, 2.24) is 9.97 Å². The molecule has 0 atom stereocenters. The summed E-state index contributed by atoms with van der Waals surface area (Å²) in [5, 5.41) is 10.7. The molecule has 5 nitrogen and oxygen atoms in total. The molecule has 3 heterocycles. The smallest absolute Gasteiger partial charge is 0.183 e. The Morgan fingerprint density at radius 3 is 2.61 bits per heavy atom. The van der Waals surface area contributed by atoms with Gasteiger partial charge in [0.05, 0.1) is 10.7 Å². The Balaban J connectivity index is 1.36. The van der Waals surface area contributed by atoms with Crippen LogP contribution in [0.15, 0.2) is 17.6 Å². The normalized spacial score (nSPS) is 18.9. The number of nitrogens with zero attached hydrogens (tertiary/aromatic N) is 2. The first kappa shape index (κ1) is 19.9. The number of aromatic nitrogens is 2. The van der Waals surface area contributed by atoms with Gasteiger partial charge >= 0.3 is 0 Å². The largest absolute Gasteiger partial charge is 0.381 e. The van der Waals surface area contributed by atoms with Gasteiger partial charge in [0.15, 0.2) is 5.13 Å². The highest BCUT2D eigenvalue weighted by atomic mass is 35.5. The molecular formula is C21H29ClN4OS. The minimum absolute atomic E-state index is 0.643. The molecule has 0 aromatic carbocycles. The Morgan fingerprint density at radius 1 is 1.04 bits per heavy atom. The second-order valence-corrected chi connectivity index (χ2v) is 9.17. The summed E-state index contributed by atoms with van der Waals surface area (Å²) in [6.45, 7) is 3.69. The third kappa shape index (κ3) is 5.37. The molecule has 152 valence electrons. The van der Waals surface area contributed by atoms with Gasteiger partial charge in [-0.25, -0.2) is 9.97 Å². The van der Waals surface area contributed by atoms with Crippen LogP contribution < -0.4 is 10.6 Å². The molecule has 1 saturated carbocycles. The van der Waals surface area contributed by atoms with Crippen molar-refractivity contribution < 1.29 is 4.74 Å². The van der Waals surface area contributed by atoms with Crippen molar-refractivity contribution in [3.8, 4) is 11.3 Å². The van der Waals surface area contributed by atoms with Crippen molar-refractivity contribution in [2.75, 3.05) is 36.9 Å². The molecule has 1 aliphatic carbocycles. The predicted octanol–water partition coefficient (Wildman–Crippen LogP) is 5.69. The van der Waals surface area contributed by atoms with Crippen LogP contribution in [0.4, 0.5) is 10.9 Å². The van der Waals surface area contributed by atoms with Gasteiger partial charge in [0.2, 0.25) is 0 Å². The van der Waals surface area contributed by atoms with Crippen LogP contribution in [0.1, 0.15) is 44.9 Å². The Bertz CT molecular complexity index is 757. The second-order valence-electron chi connectivity index (χ2n) is 7.91. The van der Waals surface area contributed by atoms with Gasteiger partial charge in [-0.1, -0.05) is 30.9 Å². The van der Waals surface area contributed by atoms with Gasteiger partial charge in [-0.05, 0) is 43.6 Å². The Hall–Kier alpha value is -1.37. The van der Waals surface area contributed by atoms with Crippen molar-refractivity contribution in [2.45, 2.75) is 44.9 Å². The first-order valence-corrected chi connectivity index (χ1v) is 11.7. The highest BCUT2D eigenvalue weighted by Gasteiger charge is 2.16. The third-order valence-corrected chi connectivity index (χ3v) is 6.92. The molecule has 2 aromatic heterocycles. The molecule has 1 aliphatic heterocycles. The van der Waals surface area contributed by atoms with E-state index < -0.39 is 0 Å². The molecule has 0 amide bonds. The molecule has 7 heteroatoms. The molecule has 0 spiro atoms. The van der Waals surface area contributed by atoms with Gasteiger partial charge in [-0.3, -0.25) is 0 Å². The fourth-order valence-electron chi connectivity index (χ4n) is 4.03. The highest BCUT2D eigenvalue weighted by molar-refractivity contribution is 7.14. The van der Waals surface area contributed by atoms with Crippen LogP contribution >= 0.6 is 22.9 Å². The van der Waals surface area contributed by atoms with E-state index in [2.05, 4.69) is 21.0 Å². The quantitative estimate of drug-likeness (QED) is 0.602. The molecular weight excluding hydrogens is 392 g/mol. The standard InChI is InChI=1S/C21H29ClN4OS/c22-18-13-24-20(23-11-15-4-2-1-3-5-15)10-17(18)19-14-28-21(26-19)25-12-16-6-8-27-9-7-16/h10,13-16H,1-9,11-12H2,(H,23,24)(H,25,26). The molecule has 1 saturated heterocycles. The maximum Gasteiger partial charge on any atom is 0.183 e. The van der Waals surface area contributed by atoms with Crippen LogP contribution in [0.3, 0.4) is 0 Å². The van der Waals surface area contributed by atoms with E-state index in [4.69, 9.17) is 21.3 Å². The topological polar surface area (TPSA) is 59.1 Å². The van der Waals surface area contributed by atoms with E-state index in [1.807, 2.05) is 6.07 Å². The molecule has 2 fully saturated rings. The number of hydrogen-bond acceptors (Lipinski definition) is 6. The fourth-order valence-corrected chi connectivity index (χ4v) is 4.95. The van der Waals surface area contributed by atoms with Gasteiger partial charge in [0.1, 0.15) is 5.82 Å². The van der Waals surface area contributed by atoms with E-state index >= 15 is 0 Å². The zero-order valence-electron chi connectivity index (χ0n) is 16.3. The summed E-state index contributed by atoms with van der Waals surface area (Å²) < 4.78 is 5.43. The van der Waals surface area contributed by atoms with Crippen molar-refractivity contribution in [3.63, 3.8) is 0 Å². The molecule has 28 heavy (non-hydrogen) atoms. The molecule has 0 bridgehead atoms. The third-order valence-electron chi connectivity index (χ3n) is 5.81. The SMILES string of the molecule is Clc1cnc(NCC2CCCCC2)cc1-c1csc(NCC2CCOCC2)n1. The Labute approximate surface area is 176 Å². The van der Waals surface area contributed by atoms with Gasteiger partial charge in [0, 0.05) is 43.4 Å². The number of ether oxygens (including phenoxy) is 1. The molecule has 4 rings (SSSR count). The minimum atomic E-state index is 0.643. The Morgan fingerprint density at radius 2 is 1.79 bits per heavy atom. The van der Waals surface area contributed by atoms with Crippen molar-refractivity contribution in [1.29, 1.82) is 0 Å². The number of nitrogens with one attached hydrogen (secondary N) is 2. The number of rotatable bonds is 7. The first-order valence-electron chi connectivity index (χ1n) is 10.4. The molecule has 0 unspecified atom stereocenters. The zero-order valence-corrected chi connectivity index (χ0v) is 17.8. The molecule has 2 aliphatic rings. The summed E-state index contributed by atoms with van der Waals surface area (Å²) in [4.78, 5) is 9.21. The lowest BCUT2D eigenvalue weighted by atomic mass is 9.89. The van der Waals surface area contributed by atoms with E-state index in [1.54, 1.807) is 17.5 Å². The van der Waals surface area contributed by atoms with Gasteiger partial charge in [-0.15, -0.1) is 11.3 Å².